The zero-order valence-corrected chi connectivity index (χ0v) is 10.7. The monoisotopic (exact) mass is 266 g/mol. The van der Waals surface area contributed by atoms with Crippen LogP contribution in [0.4, 0.5) is 5.69 Å². The van der Waals surface area contributed by atoms with Crippen molar-refractivity contribution < 1.29 is 14.4 Å². The average Bonchev–Trinajstić information content (AvgIpc) is 2.92. The summed E-state index contributed by atoms with van der Waals surface area (Å²) in [5.41, 5.74) is 0.0730. The van der Waals surface area contributed by atoms with Crippen LogP contribution in [-0.2, 0) is 4.74 Å². The second-order valence-electron chi connectivity index (χ2n) is 4.44. The minimum absolute atomic E-state index is 0.0730. The van der Waals surface area contributed by atoms with E-state index < -0.39 is 4.92 Å². The molecule has 1 atom stereocenters. The maximum atomic E-state index is 10.5. The Kier molecular flexibility index (Phi) is 5.11. The van der Waals surface area contributed by atoms with E-state index in [-0.39, 0.29) is 5.69 Å². The Hall–Kier alpha value is -1.66. The van der Waals surface area contributed by atoms with Crippen molar-refractivity contribution in [3.05, 3.63) is 34.4 Å². The number of nitro benzene ring substituents is 1. The van der Waals surface area contributed by atoms with Crippen molar-refractivity contribution in [2.45, 2.75) is 18.9 Å². The summed E-state index contributed by atoms with van der Waals surface area (Å²) in [5.74, 6) is 0.643. The predicted molar refractivity (Wildman–Crippen MR) is 70.4 cm³/mol. The molecule has 0 aromatic heterocycles. The van der Waals surface area contributed by atoms with Crippen LogP contribution in [0.1, 0.15) is 12.8 Å². The molecule has 1 saturated heterocycles. The van der Waals surface area contributed by atoms with Gasteiger partial charge in [0.1, 0.15) is 12.4 Å². The van der Waals surface area contributed by atoms with Gasteiger partial charge in [0.05, 0.1) is 11.0 Å². The Labute approximate surface area is 111 Å². The van der Waals surface area contributed by atoms with Crippen LogP contribution in [0.25, 0.3) is 0 Å². The molecule has 2 rings (SSSR count). The highest BCUT2D eigenvalue weighted by molar-refractivity contribution is 5.35. The summed E-state index contributed by atoms with van der Waals surface area (Å²) >= 11 is 0. The molecule has 1 heterocycles. The lowest BCUT2D eigenvalue weighted by atomic mass is 10.2. The maximum Gasteiger partial charge on any atom is 0.269 e. The number of nitrogens with one attached hydrogen (secondary N) is 1. The van der Waals surface area contributed by atoms with Gasteiger partial charge < -0.3 is 14.8 Å². The largest absolute Gasteiger partial charge is 0.492 e. The molecule has 6 heteroatoms. The van der Waals surface area contributed by atoms with Gasteiger partial charge in [0.2, 0.25) is 0 Å². The van der Waals surface area contributed by atoms with E-state index in [4.69, 9.17) is 9.47 Å². The number of hydrogen-bond acceptors (Lipinski definition) is 5. The molecule has 0 bridgehead atoms. The van der Waals surface area contributed by atoms with Crippen molar-refractivity contribution in [1.29, 1.82) is 0 Å². The van der Waals surface area contributed by atoms with E-state index >= 15 is 0 Å². The lowest BCUT2D eigenvalue weighted by molar-refractivity contribution is -0.384. The van der Waals surface area contributed by atoms with Crippen LogP contribution in [0.3, 0.4) is 0 Å². The maximum absolute atomic E-state index is 10.5. The number of benzene rings is 1. The van der Waals surface area contributed by atoms with E-state index in [2.05, 4.69) is 5.32 Å². The number of nitrogens with zero attached hydrogens (tertiary/aromatic N) is 1. The minimum atomic E-state index is -0.424. The predicted octanol–water partition coefficient (Wildman–Crippen LogP) is 1.74. The average molecular weight is 266 g/mol. The van der Waals surface area contributed by atoms with Crippen molar-refractivity contribution in [3.63, 3.8) is 0 Å². The fourth-order valence-electron chi connectivity index (χ4n) is 1.97. The third-order valence-electron chi connectivity index (χ3n) is 2.99. The van der Waals surface area contributed by atoms with Gasteiger partial charge in [-0.2, -0.15) is 0 Å². The number of hydrogen-bond donors (Lipinski definition) is 1. The van der Waals surface area contributed by atoms with Crippen LogP contribution < -0.4 is 10.1 Å². The highest BCUT2D eigenvalue weighted by Gasteiger charge is 2.14. The standard InChI is InChI=1S/C13H18N2O4/c16-15(17)11-3-5-12(6-4-11)19-9-7-14-10-13-2-1-8-18-13/h3-6,13-14H,1-2,7-10H2/t13-/m0/s1. The van der Waals surface area contributed by atoms with Gasteiger partial charge in [0, 0.05) is 31.8 Å². The Morgan fingerprint density at radius 3 is 2.84 bits per heavy atom. The molecular formula is C13H18N2O4. The molecule has 1 N–H and O–H groups in total. The van der Waals surface area contributed by atoms with Crippen LogP contribution in [-0.4, -0.2) is 37.3 Å². The summed E-state index contributed by atoms with van der Waals surface area (Å²) in [6.45, 7) is 2.98. The molecule has 0 spiro atoms. The first-order chi connectivity index (χ1) is 9.25. The molecule has 1 aromatic carbocycles. The first kappa shape index (κ1) is 13.8. The third-order valence-corrected chi connectivity index (χ3v) is 2.99. The van der Waals surface area contributed by atoms with Crippen LogP contribution in [0.5, 0.6) is 5.75 Å². The van der Waals surface area contributed by atoms with Gasteiger partial charge in [-0.05, 0) is 25.0 Å². The van der Waals surface area contributed by atoms with E-state index in [9.17, 15) is 10.1 Å². The molecule has 0 amide bonds. The zero-order chi connectivity index (χ0) is 13.5. The Balaban J connectivity index is 1.61. The number of ether oxygens (including phenoxy) is 2. The molecule has 1 fully saturated rings. The van der Waals surface area contributed by atoms with Gasteiger partial charge in [-0.1, -0.05) is 0 Å². The van der Waals surface area contributed by atoms with E-state index in [0.29, 0.717) is 18.5 Å². The van der Waals surface area contributed by atoms with Crippen molar-refractivity contribution >= 4 is 5.69 Å². The molecule has 0 radical (unpaired) electrons. The molecule has 1 aromatic rings. The van der Waals surface area contributed by atoms with Crippen molar-refractivity contribution in [1.82, 2.24) is 5.32 Å². The van der Waals surface area contributed by atoms with Gasteiger partial charge in [-0.3, -0.25) is 10.1 Å². The second kappa shape index (κ2) is 7.06. The smallest absolute Gasteiger partial charge is 0.269 e. The quantitative estimate of drug-likeness (QED) is 0.462. The van der Waals surface area contributed by atoms with E-state index in [1.165, 1.54) is 12.1 Å². The summed E-state index contributed by atoms with van der Waals surface area (Å²) in [4.78, 5) is 10.1. The molecule has 0 unspecified atom stereocenters. The minimum Gasteiger partial charge on any atom is -0.492 e. The normalized spacial score (nSPS) is 18.4. The fraction of sp³-hybridized carbons (Fsp3) is 0.538. The topological polar surface area (TPSA) is 73.6 Å². The number of rotatable bonds is 7. The van der Waals surface area contributed by atoms with E-state index in [0.717, 1.165) is 32.5 Å². The molecule has 6 nitrogen and oxygen atoms in total. The lowest BCUT2D eigenvalue weighted by Gasteiger charge is -2.11. The van der Waals surface area contributed by atoms with E-state index in [1.54, 1.807) is 12.1 Å². The Morgan fingerprint density at radius 2 is 2.21 bits per heavy atom. The van der Waals surface area contributed by atoms with Crippen molar-refractivity contribution in [2.24, 2.45) is 0 Å². The Morgan fingerprint density at radius 1 is 1.42 bits per heavy atom. The third kappa shape index (κ3) is 4.50. The highest BCUT2D eigenvalue weighted by atomic mass is 16.6. The Bertz CT molecular complexity index is 402. The molecule has 1 aliphatic rings. The fourth-order valence-corrected chi connectivity index (χ4v) is 1.97. The van der Waals surface area contributed by atoms with Crippen molar-refractivity contribution in [2.75, 3.05) is 26.3 Å². The van der Waals surface area contributed by atoms with Crippen molar-refractivity contribution in [3.8, 4) is 5.75 Å². The van der Waals surface area contributed by atoms with Gasteiger partial charge in [-0.15, -0.1) is 0 Å². The molecule has 19 heavy (non-hydrogen) atoms. The van der Waals surface area contributed by atoms with Crippen LogP contribution in [0.15, 0.2) is 24.3 Å². The van der Waals surface area contributed by atoms with Crippen LogP contribution in [0, 0.1) is 10.1 Å². The van der Waals surface area contributed by atoms with Gasteiger partial charge in [0.15, 0.2) is 0 Å². The van der Waals surface area contributed by atoms with E-state index in [1.807, 2.05) is 0 Å². The van der Waals surface area contributed by atoms with Gasteiger partial charge >= 0.3 is 0 Å². The zero-order valence-electron chi connectivity index (χ0n) is 10.7. The second-order valence-corrected chi connectivity index (χ2v) is 4.44. The molecule has 0 aliphatic carbocycles. The molecule has 104 valence electrons. The first-order valence-corrected chi connectivity index (χ1v) is 6.45. The summed E-state index contributed by atoms with van der Waals surface area (Å²) in [7, 11) is 0. The number of non-ortho nitro benzene ring substituents is 1. The summed E-state index contributed by atoms with van der Waals surface area (Å²) in [5, 5.41) is 13.7. The summed E-state index contributed by atoms with van der Waals surface area (Å²) in [6, 6.07) is 6.10. The molecule has 1 aliphatic heterocycles. The first-order valence-electron chi connectivity index (χ1n) is 6.45. The SMILES string of the molecule is O=[N+]([O-])c1ccc(OCCNC[C@@H]2CCCO2)cc1. The van der Waals surface area contributed by atoms with Gasteiger partial charge in [-0.25, -0.2) is 0 Å². The summed E-state index contributed by atoms with van der Waals surface area (Å²) in [6.07, 6.45) is 2.60. The van der Waals surface area contributed by atoms with Gasteiger partial charge in [0.25, 0.3) is 5.69 Å². The highest BCUT2D eigenvalue weighted by Crippen LogP contribution is 2.17. The molecular weight excluding hydrogens is 248 g/mol. The summed E-state index contributed by atoms with van der Waals surface area (Å²) < 4.78 is 11.0. The molecule has 0 saturated carbocycles. The number of nitro groups is 1. The van der Waals surface area contributed by atoms with Crippen LogP contribution >= 0.6 is 0 Å². The van der Waals surface area contributed by atoms with Crippen LogP contribution in [0.2, 0.25) is 0 Å². The lowest BCUT2D eigenvalue weighted by Crippen LogP contribution is -2.29.